The van der Waals surface area contributed by atoms with Gasteiger partial charge in [0.1, 0.15) is 5.82 Å². The van der Waals surface area contributed by atoms with Gasteiger partial charge < -0.3 is 5.32 Å². The van der Waals surface area contributed by atoms with Gasteiger partial charge in [-0.15, -0.1) is 0 Å². The topological polar surface area (TPSA) is 12.0 Å². The maximum Gasteiger partial charge on any atom is 0.419 e. The van der Waals surface area contributed by atoms with E-state index in [1.807, 2.05) is 0 Å². The molecule has 118 valence electrons. The van der Waals surface area contributed by atoms with Gasteiger partial charge in [0, 0.05) is 12.6 Å². The predicted molar refractivity (Wildman–Crippen MR) is 74.3 cm³/mol. The normalized spacial score (nSPS) is 18.7. The SMILES string of the molecule is C[C@H](NCc1ccc(F)c(C(F)(F)F)c1)C1CCCCC1. The minimum atomic E-state index is -4.64. The van der Waals surface area contributed by atoms with Crippen molar-refractivity contribution >= 4 is 0 Å². The average molecular weight is 303 g/mol. The summed E-state index contributed by atoms with van der Waals surface area (Å²) >= 11 is 0. The summed E-state index contributed by atoms with van der Waals surface area (Å²) in [4.78, 5) is 0. The van der Waals surface area contributed by atoms with Gasteiger partial charge >= 0.3 is 6.18 Å². The summed E-state index contributed by atoms with van der Waals surface area (Å²) in [5.41, 5.74) is -0.724. The first-order valence-corrected chi connectivity index (χ1v) is 7.47. The van der Waals surface area contributed by atoms with E-state index in [1.54, 1.807) is 0 Å². The molecule has 1 nitrogen and oxygen atoms in total. The lowest BCUT2D eigenvalue weighted by molar-refractivity contribution is -0.140. The first-order chi connectivity index (χ1) is 9.88. The van der Waals surface area contributed by atoms with Crippen LogP contribution in [0.1, 0.15) is 50.2 Å². The van der Waals surface area contributed by atoms with Gasteiger partial charge in [0.25, 0.3) is 0 Å². The van der Waals surface area contributed by atoms with Crippen LogP contribution in [0.5, 0.6) is 0 Å². The van der Waals surface area contributed by atoms with Crippen molar-refractivity contribution in [3.63, 3.8) is 0 Å². The molecule has 1 aromatic carbocycles. The smallest absolute Gasteiger partial charge is 0.310 e. The van der Waals surface area contributed by atoms with Crippen molar-refractivity contribution in [2.45, 2.75) is 57.8 Å². The molecule has 21 heavy (non-hydrogen) atoms. The van der Waals surface area contributed by atoms with E-state index in [9.17, 15) is 17.6 Å². The molecule has 1 atom stereocenters. The molecule has 0 saturated heterocycles. The van der Waals surface area contributed by atoms with Gasteiger partial charge in [0.2, 0.25) is 0 Å². The number of hydrogen-bond donors (Lipinski definition) is 1. The molecule has 0 spiro atoms. The van der Waals surface area contributed by atoms with E-state index in [4.69, 9.17) is 0 Å². The number of nitrogens with one attached hydrogen (secondary N) is 1. The number of alkyl halides is 3. The summed E-state index contributed by atoms with van der Waals surface area (Å²) in [6.45, 7) is 2.41. The van der Waals surface area contributed by atoms with E-state index in [2.05, 4.69) is 12.2 Å². The number of rotatable bonds is 4. The van der Waals surface area contributed by atoms with E-state index in [0.29, 0.717) is 18.0 Å². The molecule has 1 saturated carbocycles. The van der Waals surface area contributed by atoms with Crippen LogP contribution in [0.15, 0.2) is 18.2 Å². The van der Waals surface area contributed by atoms with Crippen LogP contribution in [-0.4, -0.2) is 6.04 Å². The summed E-state index contributed by atoms with van der Waals surface area (Å²) in [7, 11) is 0. The predicted octanol–water partition coefficient (Wildman–Crippen LogP) is 4.90. The monoisotopic (exact) mass is 303 g/mol. The van der Waals surface area contributed by atoms with Gasteiger partial charge in [-0.2, -0.15) is 13.2 Å². The first-order valence-electron chi connectivity index (χ1n) is 7.47. The van der Waals surface area contributed by atoms with Crippen LogP contribution < -0.4 is 5.32 Å². The summed E-state index contributed by atoms with van der Waals surface area (Å²) in [5.74, 6) is -0.632. The van der Waals surface area contributed by atoms with Gasteiger partial charge in [0.05, 0.1) is 5.56 Å². The van der Waals surface area contributed by atoms with Crippen LogP contribution in [0.2, 0.25) is 0 Å². The van der Waals surface area contributed by atoms with Crippen LogP contribution in [0.25, 0.3) is 0 Å². The fourth-order valence-electron chi connectivity index (χ4n) is 2.98. The molecule has 0 unspecified atom stereocenters. The van der Waals surface area contributed by atoms with E-state index in [0.717, 1.165) is 12.1 Å². The Bertz CT molecular complexity index is 464. The molecule has 0 aromatic heterocycles. The van der Waals surface area contributed by atoms with Crippen molar-refractivity contribution in [2.75, 3.05) is 0 Å². The highest BCUT2D eigenvalue weighted by atomic mass is 19.4. The molecule has 1 fully saturated rings. The van der Waals surface area contributed by atoms with Crippen molar-refractivity contribution in [3.05, 3.63) is 35.1 Å². The lowest BCUT2D eigenvalue weighted by Crippen LogP contribution is -2.34. The van der Waals surface area contributed by atoms with Crippen LogP contribution in [0, 0.1) is 11.7 Å². The second-order valence-electron chi connectivity index (χ2n) is 5.88. The van der Waals surface area contributed by atoms with Gasteiger partial charge in [-0.05, 0) is 43.4 Å². The van der Waals surface area contributed by atoms with Crippen LogP contribution >= 0.6 is 0 Å². The average Bonchev–Trinajstić information content (AvgIpc) is 2.45. The summed E-state index contributed by atoms with van der Waals surface area (Å²) in [5, 5.41) is 3.28. The summed E-state index contributed by atoms with van der Waals surface area (Å²) < 4.78 is 51.2. The van der Waals surface area contributed by atoms with E-state index in [-0.39, 0.29) is 6.04 Å². The Balaban J connectivity index is 1.96. The molecular formula is C16H21F4N. The van der Waals surface area contributed by atoms with E-state index in [1.165, 1.54) is 38.2 Å². The van der Waals surface area contributed by atoms with Crippen LogP contribution in [0.4, 0.5) is 17.6 Å². The molecule has 1 aliphatic rings. The molecular weight excluding hydrogens is 282 g/mol. The highest BCUT2D eigenvalue weighted by molar-refractivity contribution is 5.27. The molecule has 5 heteroatoms. The maximum absolute atomic E-state index is 13.2. The van der Waals surface area contributed by atoms with E-state index < -0.39 is 17.6 Å². The third-order valence-corrected chi connectivity index (χ3v) is 4.32. The number of halogens is 4. The van der Waals surface area contributed by atoms with Gasteiger partial charge in [-0.25, -0.2) is 4.39 Å². The molecule has 2 rings (SSSR count). The second kappa shape index (κ2) is 6.77. The highest BCUT2D eigenvalue weighted by Crippen LogP contribution is 2.32. The van der Waals surface area contributed by atoms with Gasteiger partial charge in [0.15, 0.2) is 0 Å². The van der Waals surface area contributed by atoms with Crippen molar-refractivity contribution < 1.29 is 17.6 Å². The standard InChI is InChI=1S/C16H21F4N/c1-11(13-5-3-2-4-6-13)21-10-12-7-8-15(17)14(9-12)16(18,19)20/h7-9,11,13,21H,2-6,10H2,1H3/t11-/m0/s1. The summed E-state index contributed by atoms with van der Waals surface area (Å²) in [6.07, 6.45) is 1.43. The van der Waals surface area contributed by atoms with E-state index >= 15 is 0 Å². The molecule has 0 radical (unpaired) electrons. The zero-order chi connectivity index (χ0) is 15.5. The first kappa shape index (κ1) is 16.3. The number of benzene rings is 1. The lowest BCUT2D eigenvalue weighted by Gasteiger charge is -2.28. The van der Waals surface area contributed by atoms with Gasteiger partial charge in [-0.3, -0.25) is 0 Å². The maximum atomic E-state index is 13.2. The largest absolute Gasteiger partial charge is 0.419 e. The van der Waals surface area contributed by atoms with Crippen molar-refractivity contribution in [1.29, 1.82) is 0 Å². The quantitative estimate of drug-likeness (QED) is 0.780. The third-order valence-electron chi connectivity index (χ3n) is 4.32. The molecule has 0 aliphatic heterocycles. The van der Waals surface area contributed by atoms with Crippen molar-refractivity contribution in [3.8, 4) is 0 Å². The molecule has 0 bridgehead atoms. The second-order valence-corrected chi connectivity index (χ2v) is 5.88. The minimum absolute atomic E-state index is 0.268. The Hall–Kier alpha value is -1.10. The Morgan fingerprint density at radius 3 is 2.48 bits per heavy atom. The zero-order valence-electron chi connectivity index (χ0n) is 12.1. The van der Waals surface area contributed by atoms with Crippen LogP contribution in [0.3, 0.4) is 0 Å². The molecule has 1 aliphatic carbocycles. The highest BCUT2D eigenvalue weighted by Gasteiger charge is 2.34. The molecule has 0 heterocycles. The number of hydrogen-bond acceptors (Lipinski definition) is 1. The fourth-order valence-corrected chi connectivity index (χ4v) is 2.98. The Kier molecular flexibility index (Phi) is 5.25. The minimum Gasteiger partial charge on any atom is -0.310 e. The molecule has 1 aromatic rings. The lowest BCUT2D eigenvalue weighted by atomic mass is 9.84. The third kappa shape index (κ3) is 4.43. The van der Waals surface area contributed by atoms with Crippen molar-refractivity contribution in [1.82, 2.24) is 5.32 Å². The Morgan fingerprint density at radius 2 is 1.86 bits per heavy atom. The van der Waals surface area contributed by atoms with Crippen molar-refractivity contribution in [2.24, 2.45) is 5.92 Å². The summed E-state index contributed by atoms with van der Waals surface area (Å²) in [6, 6.07) is 3.47. The Morgan fingerprint density at radius 1 is 1.19 bits per heavy atom. The molecule has 0 amide bonds. The Labute approximate surface area is 122 Å². The zero-order valence-corrected chi connectivity index (χ0v) is 12.1. The van der Waals surface area contributed by atoms with Crippen LogP contribution in [-0.2, 0) is 12.7 Å². The fraction of sp³-hybridized carbons (Fsp3) is 0.625. The molecule has 1 N–H and O–H groups in total. The van der Waals surface area contributed by atoms with Gasteiger partial charge in [-0.1, -0.05) is 25.3 Å².